The van der Waals surface area contributed by atoms with Crippen LogP contribution in [0.4, 0.5) is 0 Å². The summed E-state index contributed by atoms with van der Waals surface area (Å²) in [4.78, 5) is 16.3. The maximum absolute atomic E-state index is 12.3. The topological polar surface area (TPSA) is 108 Å². The molecule has 22 heavy (non-hydrogen) atoms. The number of rotatable bonds is 5. The molecule has 118 valence electrons. The number of carbonyl (C=O) groups is 1. The normalized spacial score (nSPS) is 12.1. The van der Waals surface area contributed by atoms with Crippen molar-refractivity contribution in [1.29, 1.82) is 0 Å². The summed E-state index contributed by atoms with van der Waals surface area (Å²) in [5, 5.41) is 8.65. The van der Waals surface area contributed by atoms with Gasteiger partial charge in [-0.25, -0.2) is 13.9 Å². The van der Waals surface area contributed by atoms with Crippen molar-refractivity contribution in [2.24, 2.45) is 0 Å². The molecule has 0 saturated carbocycles. The van der Waals surface area contributed by atoms with E-state index < -0.39 is 21.5 Å². The van der Waals surface area contributed by atoms with Crippen LogP contribution in [0.1, 0.15) is 13.8 Å². The number of thiophene rings is 1. The van der Waals surface area contributed by atoms with Gasteiger partial charge in [-0.1, -0.05) is 6.07 Å². The maximum atomic E-state index is 12.3. The predicted molar refractivity (Wildman–Crippen MR) is 81.9 cm³/mol. The lowest BCUT2D eigenvalue weighted by atomic mass is 10.1. The van der Waals surface area contributed by atoms with Crippen molar-refractivity contribution in [1.82, 2.24) is 15.2 Å². The Bertz CT molecular complexity index is 770. The Morgan fingerprint density at radius 2 is 2.00 bits per heavy atom. The minimum Gasteiger partial charge on any atom is -0.289 e. The van der Waals surface area contributed by atoms with E-state index >= 15 is 0 Å². The molecule has 0 fully saturated rings. The molecule has 2 rings (SSSR count). The van der Waals surface area contributed by atoms with Gasteiger partial charge in [0.15, 0.2) is 0 Å². The van der Waals surface area contributed by atoms with Crippen molar-refractivity contribution in [2.75, 3.05) is 0 Å². The Morgan fingerprint density at radius 3 is 2.59 bits per heavy atom. The molecular weight excluding hydrogens is 326 g/mol. The van der Waals surface area contributed by atoms with E-state index in [1.165, 1.54) is 25.4 Å². The molecule has 1 amide bonds. The van der Waals surface area contributed by atoms with E-state index in [-0.39, 0.29) is 4.21 Å². The molecule has 0 aliphatic rings. The second kappa shape index (κ2) is 6.13. The number of nitrogens with zero attached hydrogens (tertiary/aromatic N) is 1. The molecule has 0 saturated heterocycles. The Hall–Kier alpha value is -1.81. The molecule has 2 heterocycles. The van der Waals surface area contributed by atoms with Gasteiger partial charge < -0.3 is 0 Å². The number of hydrogen-bond acceptors (Lipinski definition) is 6. The SMILES string of the molecule is CC(C)(NS(=O)(=O)c1ccc(-c2ccccn2)s1)C(=O)NO. The molecule has 0 radical (unpaired) electrons. The molecule has 0 bridgehead atoms. The predicted octanol–water partition coefficient (Wildman–Crippen LogP) is 1.37. The van der Waals surface area contributed by atoms with Gasteiger partial charge in [0.25, 0.3) is 15.9 Å². The zero-order valence-electron chi connectivity index (χ0n) is 11.9. The number of carbonyl (C=O) groups excluding carboxylic acids is 1. The summed E-state index contributed by atoms with van der Waals surface area (Å²) < 4.78 is 27.0. The van der Waals surface area contributed by atoms with Crippen molar-refractivity contribution in [3.8, 4) is 10.6 Å². The number of aromatic nitrogens is 1. The summed E-state index contributed by atoms with van der Waals surface area (Å²) >= 11 is 1.05. The van der Waals surface area contributed by atoms with Crippen LogP contribution in [0.3, 0.4) is 0 Å². The molecule has 7 nitrogen and oxygen atoms in total. The van der Waals surface area contributed by atoms with Crippen LogP contribution in [-0.2, 0) is 14.8 Å². The van der Waals surface area contributed by atoms with E-state index in [1.807, 2.05) is 6.07 Å². The van der Waals surface area contributed by atoms with Crippen molar-refractivity contribution in [3.05, 3.63) is 36.5 Å². The van der Waals surface area contributed by atoms with Crippen molar-refractivity contribution in [2.45, 2.75) is 23.6 Å². The van der Waals surface area contributed by atoms with Crippen LogP contribution in [-0.4, -0.2) is 30.1 Å². The van der Waals surface area contributed by atoms with Crippen molar-refractivity contribution >= 4 is 27.3 Å². The monoisotopic (exact) mass is 341 g/mol. The van der Waals surface area contributed by atoms with Gasteiger partial charge in [-0.3, -0.25) is 15.0 Å². The number of amides is 1. The van der Waals surface area contributed by atoms with E-state index in [0.717, 1.165) is 11.3 Å². The lowest BCUT2D eigenvalue weighted by Gasteiger charge is -2.22. The highest BCUT2D eigenvalue weighted by Gasteiger charge is 2.33. The molecule has 0 aliphatic carbocycles. The van der Waals surface area contributed by atoms with E-state index in [1.54, 1.807) is 24.4 Å². The Balaban J connectivity index is 2.28. The molecule has 3 N–H and O–H groups in total. The van der Waals surface area contributed by atoms with E-state index in [4.69, 9.17) is 5.21 Å². The average molecular weight is 341 g/mol. The standard InChI is InChI=1S/C13H15N3O4S2/c1-13(2,12(17)15-18)16-22(19,20)11-7-6-10(21-11)9-5-3-4-8-14-9/h3-8,16,18H,1-2H3,(H,15,17). The third kappa shape index (κ3) is 3.50. The van der Waals surface area contributed by atoms with Crippen LogP contribution in [0.2, 0.25) is 0 Å². The fraction of sp³-hybridized carbons (Fsp3) is 0.231. The molecule has 0 unspecified atom stereocenters. The van der Waals surface area contributed by atoms with Gasteiger partial charge in [0, 0.05) is 6.20 Å². The first-order chi connectivity index (χ1) is 10.3. The summed E-state index contributed by atoms with van der Waals surface area (Å²) in [6.07, 6.45) is 1.62. The molecule has 2 aromatic heterocycles. The second-order valence-corrected chi connectivity index (χ2v) is 8.00. The van der Waals surface area contributed by atoms with Crippen molar-refractivity contribution < 1.29 is 18.4 Å². The largest absolute Gasteiger partial charge is 0.289 e. The average Bonchev–Trinajstić information content (AvgIpc) is 2.97. The molecule has 2 aromatic rings. The first-order valence-electron chi connectivity index (χ1n) is 6.26. The quantitative estimate of drug-likeness (QED) is 0.562. The minimum absolute atomic E-state index is 0.0620. The Morgan fingerprint density at radius 1 is 1.27 bits per heavy atom. The molecular formula is C13H15N3O4S2. The molecule has 0 aromatic carbocycles. The Labute approximate surface area is 132 Å². The fourth-order valence-electron chi connectivity index (χ4n) is 1.68. The number of nitrogens with one attached hydrogen (secondary N) is 2. The molecule has 9 heteroatoms. The van der Waals surface area contributed by atoms with Gasteiger partial charge in [-0.2, -0.15) is 4.72 Å². The fourth-order valence-corrected chi connectivity index (χ4v) is 4.34. The number of pyridine rings is 1. The summed E-state index contributed by atoms with van der Waals surface area (Å²) in [6.45, 7) is 2.70. The first kappa shape index (κ1) is 16.6. The Kier molecular flexibility index (Phi) is 4.61. The smallest absolute Gasteiger partial charge is 0.264 e. The third-order valence-electron chi connectivity index (χ3n) is 2.82. The van der Waals surface area contributed by atoms with E-state index in [9.17, 15) is 13.2 Å². The number of hydroxylamine groups is 1. The molecule has 0 aliphatic heterocycles. The van der Waals surface area contributed by atoms with Gasteiger partial charge in [-0.15, -0.1) is 11.3 Å². The lowest BCUT2D eigenvalue weighted by molar-refractivity contribution is -0.134. The van der Waals surface area contributed by atoms with E-state index in [2.05, 4.69) is 9.71 Å². The van der Waals surface area contributed by atoms with Crippen molar-refractivity contribution in [3.63, 3.8) is 0 Å². The highest BCUT2D eigenvalue weighted by molar-refractivity contribution is 7.91. The lowest BCUT2D eigenvalue weighted by Crippen LogP contribution is -2.53. The minimum atomic E-state index is -3.89. The summed E-state index contributed by atoms with van der Waals surface area (Å²) in [5.74, 6) is -0.849. The summed E-state index contributed by atoms with van der Waals surface area (Å²) in [5.41, 5.74) is 0.622. The van der Waals surface area contributed by atoms with Gasteiger partial charge in [0.1, 0.15) is 9.75 Å². The van der Waals surface area contributed by atoms with E-state index in [0.29, 0.717) is 10.6 Å². The van der Waals surface area contributed by atoms with Crippen LogP contribution in [0.15, 0.2) is 40.7 Å². The van der Waals surface area contributed by atoms with Crippen LogP contribution in [0, 0.1) is 0 Å². The van der Waals surface area contributed by atoms with Gasteiger partial charge in [0.2, 0.25) is 0 Å². The van der Waals surface area contributed by atoms with Gasteiger partial charge in [0.05, 0.1) is 10.6 Å². The highest BCUT2D eigenvalue weighted by atomic mass is 32.2. The van der Waals surface area contributed by atoms with Crippen LogP contribution in [0.5, 0.6) is 0 Å². The summed E-state index contributed by atoms with van der Waals surface area (Å²) in [6, 6.07) is 8.46. The van der Waals surface area contributed by atoms with Crippen LogP contribution < -0.4 is 10.2 Å². The zero-order chi connectivity index (χ0) is 16.4. The van der Waals surface area contributed by atoms with Gasteiger partial charge >= 0.3 is 0 Å². The second-order valence-electron chi connectivity index (χ2n) is 5.01. The van der Waals surface area contributed by atoms with Crippen LogP contribution >= 0.6 is 11.3 Å². The highest BCUT2D eigenvalue weighted by Crippen LogP contribution is 2.29. The third-order valence-corrected chi connectivity index (χ3v) is 6.08. The summed E-state index contributed by atoms with van der Waals surface area (Å²) in [7, 11) is -3.89. The van der Waals surface area contributed by atoms with Crippen LogP contribution in [0.25, 0.3) is 10.6 Å². The first-order valence-corrected chi connectivity index (χ1v) is 8.56. The number of sulfonamides is 1. The maximum Gasteiger partial charge on any atom is 0.264 e. The van der Waals surface area contributed by atoms with Gasteiger partial charge in [-0.05, 0) is 38.1 Å². The molecule has 0 atom stereocenters. The zero-order valence-corrected chi connectivity index (χ0v) is 13.5. The number of hydrogen-bond donors (Lipinski definition) is 3. The molecule has 0 spiro atoms.